The molecule has 1 heterocycles. The average Bonchev–Trinajstić information content (AvgIpc) is 2.18. The Hall–Kier alpha value is -1.45. The fraction of sp³-hybridized carbons (Fsp3) is 0.333. The Balaban J connectivity index is 3.25. The number of halogens is 6. The first-order valence-electron chi connectivity index (χ1n) is 4.55. The number of alkyl halides is 5. The molecule has 0 bridgehead atoms. The standard InChI is InChI=1S/C9H5BrF5NO3/c10-4-2-5(19-9(13,14)15)16-7(8(11)12)3(4)1-6(17)18/h2,8H,1H2,(H,17,18). The van der Waals surface area contributed by atoms with Crippen LogP contribution < -0.4 is 4.74 Å². The highest BCUT2D eigenvalue weighted by Crippen LogP contribution is 2.32. The van der Waals surface area contributed by atoms with Gasteiger partial charge in [-0.25, -0.2) is 13.8 Å². The van der Waals surface area contributed by atoms with Crippen molar-refractivity contribution in [2.75, 3.05) is 0 Å². The van der Waals surface area contributed by atoms with Gasteiger partial charge in [0.1, 0.15) is 5.69 Å². The van der Waals surface area contributed by atoms with Crippen molar-refractivity contribution in [2.24, 2.45) is 0 Å². The quantitative estimate of drug-likeness (QED) is 0.847. The molecule has 19 heavy (non-hydrogen) atoms. The highest BCUT2D eigenvalue weighted by Gasteiger charge is 2.33. The lowest BCUT2D eigenvalue weighted by atomic mass is 10.1. The zero-order chi connectivity index (χ0) is 14.8. The van der Waals surface area contributed by atoms with Crippen molar-refractivity contribution in [1.29, 1.82) is 0 Å². The summed E-state index contributed by atoms with van der Waals surface area (Å²) in [6.45, 7) is 0. The molecule has 0 radical (unpaired) electrons. The number of ether oxygens (including phenoxy) is 1. The molecule has 1 rings (SSSR count). The summed E-state index contributed by atoms with van der Waals surface area (Å²) in [5.74, 6) is -2.52. The largest absolute Gasteiger partial charge is 0.574 e. The molecule has 0 aliphatic heterocycles. The average molecular weight is 350 g/mol. The third-order valence-electron chi connectivity index (χ3n) is 1.83. The fourth-order valence-corrected chi connectivity index (χ4v) is 1.75. The molecule has 1 N–H and O–H groups in total. The van der Waals surface area contributed by atoms with Crippen molar-refractivity contribution in [3.8, 4) is 5.88 Å². The monoisotopic (exact) mass is 349 g/mol. The second kappa shape index (κ2) is 5.68. The lowest BCUT2D eigenvalue weighted by molar-refractivity contribution is -0.276. The van der Waals surface area contributed by atoms with Gasteiger partial charge in [0.25, 0.3) is 6.43 Å². The molecule has 0 unspecified atom stereocenters. The molecule has 1 aromatic rings. The first-order valence-corrected chi connectivity index (χ1v) is 5.34. The molecule has 0 aliphatic rings. The lowest BCUT2D eigenvalue weighted by Gasteiger charge is -2.13. The van der Waals surface area contributed by atoms with Gasteiger partial charge < -0.3 is 9.84 Å². The minimum absolute atomic E-state index is 0.251. The van der Waals surface area contributed by atoms with Gasteiger partial charge in [-0.1, -0.05) is 15.9 Å². The van der Waals surface area contributed by atoms with Crippen molar-refractivity contribution < 1.29 is 36.6 Å². The number of rotatable bonds is 4. The predicted octanol–water partition coefficient (Wildman–Crippen LogP) is 3.31. The summed E-state index contributed by atoms with van der Waals surface area (Å²) in [5.41, 5.74) is -1.48. The van der Waals surface area contributed by atoms with Crippen molar-refractivity contribution in [1.82, 2.24) is 4.98 Å². The van der Waals surface area contributed by atoms with Crippen LogP contribution in [0.4, 0.5) is 22.0 Å². The Labute approximate surface area is 111 Å². The van der Waals surface area contributed by atoms with Gasteiger partial charge in [0.15, 0.2) is 0 Å². The van der Waals surface area contributed by atoms with Gasteiger partial charge in [-0.2, -0.15) is 0 Å². The molecule has 0 aromatic carbocycles. The molecule has 0 saturated heterocycles. The summed E-state index contributed by atoms with van der Waals surface area (Å²) >= 11 is 2.72. The van der Waals surface area contributed by atoms with E-state index in [-0.39, 0.29) is 4.47 Å². The highest BCUT2D eigenvalue weighted by atomic mass is 79.9. The van der Waals surface area contributed by atoms with Crippen molar-refractivity contribution in [3.63, 3.8) is 0 Å². The number of aromatic nitrogens is 1. The normalized spacial score (nSPS) is 11.7. The molecule has 0 spiro atoms. The van der Waals surface area contributed by atoms with E-state index in [2.05, 4.69) is 25.7 Å². The topological polar surface area (TPSA) is 59.4 Å². The Bertz CT molecular complexity index is 491. The first-order chi connectivity index (χ1) is 8.60. The van der Waals surface area contributed by atoms with Crippen LogP contribution in [0.3, 0.4) is 0 Å². The molecule has 0 amide bonds. The summed E-state index contributed by atoms with van der Waals surface area (Å²) in [5, 5.41) is 8.55. The second-order valence-corrected chi connectivity index (χ2v) is 4.08. The Morgan fingerprint density at radius 3 is 2.47 bits per heavy atom. The van der Waals surface area contributed by atoms with Gasteiger partial charge in [0.2, 0.25) is 5.88 Å². The van der Waals surface area contributed by atoms with E-state index in [0.29, 0.717) is 6.07 Å². The van der Waals surface area contributed by atoms with Crippen LogP contribution in [-0.4, -0.2) is 22.4 Å². The second-order valence-electron chi connectivity index (χ2n) is 3.23. The van der Waals surface area contributed by atoms with Gasteiger partial charge >= 0.3 is 12.3 Å². The van der Waals surface area contributed by atoms with Crippen molar-refractivity contribution in [2.45, 2.75) is 19.2 Å². The number of aliphatic carboxylic acids is 1. The van der Waals surface area contributed by atoms with Crippen LogP contribution in [0.5, 0.6) is 5.88 Å². The minimum Gasteiger partial charge on any atom is -0.481 e. The van der Waals surface area contributed by atoms with Gasteiger partial charge in [-0.15, -0.1) is 13.2 Å². The Morgan fingerprint density at radius 1 is 1.47 bits per heavy atom. The maximum absolute atomic E-state index is 12.7. The molecule has 0 aliphatic carbocycles. The van der Waals surface area contributed by atoms with Crippen LogP contribution in [0.1, 0.15) is 17.7 Å². The van der Waals surface area contributed by atoms with Crippen LogP contribution in [0.25, 0.3) is 0 Å². The zero-order valence-corrected chi connectivity index (χ0v) is 10.4. The molecule has 106 valence electrons. The van der Waals surface area contributed by atoms with Crippen LogP contribution >= 0.6 is 15.9 Å². The maximum atomic E-state index is 12.7. The predicted molar refractivity (Wildman–Crippen MR) is 54.9 cm³/mol. The maximum Gasteiger partial charge on any atom is 0.574 e. The van der Waals surface area contributed by atoms with Crippen LogP contribution in [0.2, 0.25) is 0 Å². The summed E-state index contributed by atoms with van der Waals surface area (Å²) in [6.07, 6.45) is -9.12. The van der Waals surface area contributed by atoms with E-state index < -0.39 is 42.3 Å². The molecule has 1 aromatic heterocycles. The van der Waals surface area contributed by atoms with Gasteiger partial charge in [0.05, 0.1) is 6.42 Å². The molecule has 4 nitrogen and oxygen atoms in total. The number of carboxylic acids is 1. The zero-order valence-electron chi connectivity index (χ0n) is 8.84. The summed E-state index contributed by atoms with van der Waals surface area (Å²) in [6, 6.07) is 0.678. The van der Waals surface area contributed by atoms with E-state index in [0.717, 1.165) is 0 Å². The first kappa shape index (κ1) is 15.6. The number of nitrogens with zero attached hydrogens (tertiary/aromatic N) is 1. The number of carbonyl (C=O) groups is 1. The van der Waals surface area contributed by atoms with Crippen molar-refractivity contribution >= 4 is 21.9 Å². The summed E-state index contributed by atoms with van der Waals surface area (Å²) in [4.78, 5) is 13.5. The third kappa shape index (κ3) is 4.62. The highest BCUT2D eigenvalue weighted by molar-refractivity contribution is 9.10. The van der Waals surface area contributed by atoms with Crippen molar-refractivity contribution in [3.05, 3.63) is 21.8 Å². The Kier molecular flexibility index (Phi) is 4.66. The van der Waals surface area contributed by atoms with E-state index >= 15 is 0 Å². The lowest BCUT2D eigenvalue weighted by Crippen LogP contribution is -2.19. The van der Waals surface area contributed by atoms with Crippen LogP contribution in [0, 0.1) is 0 Å². The third-order valence-corrected chi connectivity index (χ3v) is 2.54. The van der Waals surface area contributed by atoms with E-state index in [1.54, 1.807) is 0 Å². The number of hydrogen-bond acceptors (Lipinski definition) is 3. The summed E-state index contributed by atoms with van der Waals surface area (Å²) in [7, 11) is 0. The van der Waals surface area contributed by atoms with Crippen LogP contribution in [0.15, 0.2) is 10.5 Å². The molecule has 0 atom stereocenters. The van der Waals surface area contributed by atoms with Crippen LogP contribution in [-0.2, 0) is 11.2 Å². The number of hydrogen-bond donors (Lipinski definition) is 1. The van der Waals surface area contributed by atoms with E-state index in [9.17, 15) is 26.7 Å². The molecular weight excluding hydrogens is 345 g/mol. The van der Waals surface area contributed by atoms with Gasteiger partial charge in [-0.3, -0.25) is 4.79 Å². The number of pyridine rings is 1. The molecule has 0 fully saturated rings. The van der Waals surface area contributed by atoms with Gasteiger partial charge in [0, 0.05) is 16.1 Å². The van der Waals surface area contributed by atoms with Gasteiger partial charge in [-0.05, 0) is 0 Å². The fourth-order valence-electron chi connectivity index (χ4n) is 1.21. The molecule has 10 heteroatoms. The van der Waals surface area contributed by atoms with E-state index in [1.165, 1.54) is 0 Å². The minimum atomic E-state index is -5.08. The molecular formula is C9H5BrF5NO3. The number of carboxylic acid groups (broad SMARTS) is 1. The molecule has 0 saturated carbocycles. The smallest absolute Gasteiger partial charge is 0.481 e. The van der Waals surface area contributed by atoms with E-state index in [4.69, 9.17) is 5.11 Å². The van der Waals surface area contributed by atoms with E-state index in [1.807, 2.05) is 0 Å². The Morgan fingerprint density at radius 2 is 2.05 bits per heavy atom. The summed E-state index contributed by atoms with van der Waals surface area (Å²) < 4.78 is 64.3. The SMILES string of the molecule is O=C(O)Cc1c(Br)cc(OC(F)(F)F)nc1C(F)F.